The summed E-state index contributed by atoms with van der Waals surface area (Å²) in [5.74, 6) is -0.300. The number of carbonyl (C=O) groups excluding carboxylic acids is 1. The Kier molecular flexibility index (Phi) is 4.96. The second-order valence-corrected chi connectivity index (χ2v) is 7.96. The molecule has 1 amide bonds. The fourth-order valence-corrected chi connectivity index (χ4v) is 4.12. The number of anilines is 5. The minimum Gasteiger partial charge on any atom is -0.340 e. The standard InChI is InChI=1S/C23H20F3N5O/c24-23(25,26)18-12-27-22(29-17-7-8-19-15(11-17)5-9-20(32)30-19)31-21(18)28-16-6-4-13-2-1-3-14(13)10-16/h4,6-8,10-12H,1-3,5,9H2,(H,30,32)(H2,27,28,29,31). The normalized spacial score (nSPS) is 15.0. The van der Waals surface area contributed by atoms with Crippen LogP contribution in [0.2, 0.25) is 0 Å². The van der Waals surface area contributed by atoms with Gasteiger partial charge < -0.3 is 16.0 Å². The van der Waals surface area contributed by atoms with Crippen LogP contribution in [0.4, 0.5) is 42.0 Å². The number of nitrogens with one attached hydrogen (secondary N) is 3. The molecule has 0 saturated heterocycles. The number of halogens is 3. The van der Waals surface area contributed by atoms with E-state index in [-0.39, 0.29) is 17.7 Å². The van der Waals surface area contributed by atoms with Crippen LogP contribution in [-0.2, 0) is 30.2 Å². The van der Waals surface area contributed by atoms with Crippen LogP contribution in [0.5, 0.6) is 0 Å². The molecule has 3 aromatic rings. The van der Waals surface area contributed by atoms with Gasteiger partial charge in [-0.15, -0.1) is 0 Å². The molecule has 2 aliphatic rings. The molecule has 32 heavy (non-hydrogen) atoms. The molecule has 0 spiro atoms. The highest BCUT2D eigenvalue weighted by Gasteiger charge is 2.35. The van der Waals surface area contributed by atoms with E-state index in [9.17, 15) is 18.0 Å². The lowest BCUT2D eigenvalue weighted by Crippen LogP contribution is -2.18. The van der Waals surface area contributed by atoms with Gasteiger partial charge in [-0.1, -0.05) is 6.07 Å². The molecule has 1 aliphatic carbocycles. The Balaban J connectivity index is 1.43. The van der Waals surface area contributed by atoms with Crippen molar-refractivity contribution in [3.05, 3.63) is 64.8 Å². The van der Waals surface area contributed by atoms with Crippen molar-refractivity contribution in [1.82, 2.24) is 9.97 Å². The van der Waals surface area contributed by atoms with E-state index in [1.165, 1.54) is 5.56 Å². The number of hydrogen-bond donors (Lipinski definition) is 3. The number of alkyl halides is 3. The molecule has 0 bridgehead atoms. The van der Waals surface area contributed by atoms with Gasteiger partial charge in [0.1, 0.15) is 11.4 Å². The maximum Gasteiger partial charge on any atom is 0.421 e. The fraction of sp³-hybridized carbons (Fsp3) is 0.261. The third kappa shape index (κ3) is 4.10. The lowest BCUT2D eigenvalue weighted by Gasteiger charge is -2.18. The van der Waals surface area contributed by atoms with Gasteiger partial charge in [0.15, 0.2) is 0 Å². The summed E-state index contributed by atoms with van der Waals surface area (Å²) in [4.78, 5) is 19.5. The summed E-state index contributed by atoms with van der Waals surface area (Å²) in [6, 6.07) is 10.9. The van der Waals surface area contributed by atoms with E-state index in [0.717, 1.165) is 42.3 Å². The van der Waals surface area contributed by atoms with Crippen LogP contribution in [0.15, 0.2) is 42.6 Å². The number of fused-ring (bicyclic) bond motifs is 2. The number of amides is 1. The molecule has 2 heterocycles. The lowest BCUT2D eigenvalue weighted by atomic mass is 10.0. The molecule has 3 N–H and O–H groups in total. The van der Waals surface area contributed by atoms with Gasteiger partial charge >= 0.3 is 6.18 Å². The monoisotopic (exact) mass is 439 g/mol. The average Bonchev–Trinajstić information content (AvgIpc) is 3.21. The second kappa shape index (κ2) is 7.81. The highest BCUT2D eigenvalue weighted by Crippen LogP contribution is 2.36. The topological polar surface area (TPSA) is 78.9 Å². The maximum atomic E-state index is 13.6. The Bertz CT molecular complexity index is 1210. The maximum absolute atomic E-state index is 13.6. The van der Waals surface area contributed by atoms with Crippen LogP contribution < -0.4 is 16.0 Å². The van der Waals surface area contributed by atoms with Gasteiger partial charge in [0, 0.05) is 29.7 Å². The van der Waals surface area contributed by atoms with E-state index in [1.807, 2.05) is 18.2 Å². The van der Waals surface area contributed by atoms with Crippen molar-refractivity contribution in [2.45, 2.75) is 38.3 Å². The predicted molar refractivity (Wildman–Crippen MR) is 115 cm³/mol. The summed E-state index contributed by atoms with van der Waals surface area (Å²) < 4.78 is 40.7. The third-order valence-electron chi connectivity index (χ3n) is 5.71. The first-order chi connectivity index (χ1) is 15.3. The number of carbonyl (C=O) groups is 1. The Morgan fingerprint density at radius 1 is 0.875 bits per heavy atom. The number of hydrogen-bond acceptors (Lipinski definition) is 5. The fourth-order valence-electron chi connectivity index (χ4n) is 4.12. The number of aryl methyl sites for hydroxylation is 3. The largest absolute Gasteiger partial charge is 0.421 e. The zero-order valence-corrected chi connectivity index (χ0v) is 17.0. The molecule has 0 radical (unpaired) electrons. The van der Waals surface area contributed by atoms with E-state index in [4.69, 9.17) is 0 Å². The molecule has 2 aromatic carbocycles. The highest BCUT2D eigenvalue weighted by atomic mass is 19.4. The molecule has 1 aliphatic heterocycles. The molecule has 5 rings (SSSR count). The smallest absolute Gasteiger partial charge is 0.340 e. The second-order valence-electron chi connectivity index (χ2n) is 7.96. The summed E-state index contributed by atoms with van der Waals surface area (Å²) >= 11 is 0. The van der Waals surface area contributed by atoms with Crippen molar-refractivity contribution in [3.63, 3.8) is 0 Å². The molecule has 1 aromatic heterocycles. The summed E-state index contributed by atoms with van der Waals surface area (Å²) in [5.41, 5.74) is 4.32. The summed E-state index contributed by atoms with van der Waals surface area (Å²) in [5, 5.41) is 8.60. The van der Waals surface area contributed by atoms with Crippen LogP contribution in [0.3, 0.4) is 0 Å². The molecule has 0 atom stereocenters. The van der Waals surface area contributed by atoms with Crippen molar-refractivity contribution in [3.8, 4) is 0 Å². The third-order valence-corrected chi connectivity index (χ3v) is 5.71. The summed E-state index contributed by atoms with van der Waals surface area (Å²) in [6.45, 7) is 0. The van der Waals surface area contributed by atoms with E-state index in [1.54, 1.807) is 18.2 Å². The Labute approximate surface area is 182 Å². The van der Waals surface area contributed by atoms with Gasteiger partial charge in [-0.25, -0.2) is 4.98 Å². The molecule has 6 nitrogen and oxygen atoms in total. The first kappa shape index (κ1) is 20.3. The quantitative estimate of drug-likeness (QED) is 0.510. The van der Waals surface area contributed by atoms with Gasteiger partial charge in [-0.2, -0.15) is 18.2 Å². The molecular formula is C23H20F3N5O. The van der Waals surface area contributed by atoms with Crippen molar-refractivity contribution in [2.24, 2.45) is 0 Å². The average molecular weight is 439 g/mol. The Morgan fingerprint density at radius 3 is 2.47 bits per heavy atom. The van der Waals surface area contributed by atoms with Crippen molar-refractivity contribution in [1.29, 1.82) is 0 Å². The minimum absolute atomic E-state index is 0.0356. The van der Waals surface area contributed by atoms with Crippen LogP contribution in [0.1, 0.15) is 35.1 Å². The first-order valence-corrected chi connectivity index (χ1v) is 10.4. The van der Waals surface area contributed by atoms with E-state index in [2.05, 4.69) is 25.9 Å². The molecule has 9 heteroatoms. The van der Waals surface area contributed by atoms with Crippen LogP contribution >= 0.6 is 0 Å². The van der Waals surface area contributed by atoms with Crippen molar-refractivity contribution in [2.75, 3.05) is 16.0 Å². The van der Waals surface area contributed by atoms with Crippen LogP contribution in [-0.4, -0.2) is 15.9 Å². The zero-order valence-electron chi connectivity index (χ0n) is 17.0. The number of nitrogens with zero attached hydrogens (tertiary/aromatic N) is 2. The summed E-state index contributed by atoms with van der Waals surface area (Å²) in [7, 11) is 0. The van der Waals surface area contributed by atoms with Crippen molar-refractivity contribution < 1.29 is 18.0 Å². The Morgan fingerprint density at radius 2 is 1.62 bits per heavy atom. The molecule has 0 saturated carbocycles. The van der Waals surface area contributed by atoms with E-state index >= 15 is 0 Å². The van der Waals surface area contributed by atoms with Gasteiger partial charge in [-0.3, -0.25) is 4.79 Å². The molecular weight excluding hydrogens is 419 g/mol. The lowest BCUT2D eigenvalue weighted by molar-refractivity contribution is -0.137. The molecule has 0 unspecified atom stereocenters. The zero-order chi connectivity index (χ0) is 22.3. The number of aromatic nitrogens is 2. The molecule has 0 fully saturated rings. The summed E-state index contributed by atoms with van der Waals surface area (Å²) in [6.07, 6.45) is 0.142. The van der Waals surface area contributed by atoms with Crippen molar-refractivity contribution >= 4 is 34.7 Å². The van der Waals surface area contributed by atoms with Gasteiger partial charge in [0.25, 0.3) is 0 Å². The van der Waals surface area contributed by atoms with E-state index < -0.39 is 11.7 Å². The Hall–Kier alpha value is -3.62. The SMILES string of the molecule is O=C1CCc2cc(Nc3ncc(C(F)(F)F)c(Nc4ccc5c(c4)CCC5)n3)ccc2N1. The minimum atomic E-state index is -4.60. The van der Waals surface area contributed by atoms with Crippen LogP contribution in [0, 0.1) is 0 Å². The van der Waals surface area contributed by atoms with Gasteiger partial charge in [0.05, 0.1) is 0 Å². The number of benzene rings is 2. The highest BCUT2D eigenvalue weighted by molar-refractivity contribution is 5.94. The molecule has 164 valence electrons. The van der Waals surface area contributed by atoms with E-state index in [0.29, 0.717) is 24.2 Å². The van der Waals surface area contributed by atoms with Gasteiger partial charge in [0.2, 0.25) is 11.9 Å². The first-order valence-electron chi connectivity index (χ1n) is 10.4. The number of rotatable bonds is 4. The van der Waals surface area contributed by atoms with Crippen LogP contribution in [0.25, 0.3) is 0 Å². The predicted octanol–water partition coefficient (Wildman–Crippen LogP) is 5.36. The van der Waals surface area contributed by atoms with Gasteiger partial charge in [-0.05, 0) is 72.7 Å².